The van der Waals surface area contributed by atoms with Crippen LogP contribution >= 0.6 is 15.9 Å². The number of nitrogens with zero attached hydrogens (tertiary/aromatic N) is 3. The molecule has 0 bridgehead atoms. The first-order valence-electron chi connectivity index (χ1n) is 5.65. The topological polar surface area (TPSA) is 70.2 Å². The average molecular weight is 344 g/mol. The van der Waals surface area contributed by atoms with Gasteiger partial charge in [0.2, 0.25) is 0 Å². The van der Waals surface area contributed by atoms with Crippen molar-refractivity contribution in [1.29, 1.82) is 0 Å². The molecule has 0 atom stereocenters. The third kappa shape index (κ3) is 2.79. The van der Waals surface area contributed by atoms with Crippen LogP contribution in [-0.4, -0.2) is 14.7 Å². The molecule has 0 fully saturated rings. The number of aryl methyl sites for hydroxylation is 2. The predicted octanol–water partition coefficient (Wildman–Crippen LogP) is 3.12. The van der Waals surface area contributed by atoms with Gasteiger partial charge in [-0.05, 0) is 28.9 Å². The Kier molecular flexibility index (Phi) is 4.03. The number of hydrogen-bond donors (Lipinski definition) is 0. The van der Waals surface area contributed by atoms with E-state index in [0.717, 1.165) is 21.9 Å². The van der Waals surface area contributed by atoms with Gasteiger partial charge in [0.05, 0.1) is 26.9 Å². The number of non-ortho nitro benzene ring substituents is 1. The van der Waals surface area contributed by atoms with Gasteiger partial charge in [-0.3, -0.25) is 14.8 Å². The summed E-state index contributed by atoms with van der Waals surface area (Å²) in [5.74, 6) is -0.810. The highest BCUT2D eigenvalue weighted by atomic mass is 79.9. The smallest absolute Gasteiger partial charge is 0.272 e. The minimum Gasteiger partial charge on any atom is -0.484 e. The van der Waals surface area contributed by atoms with Crippen molar-refractivity contribution in [3.8, 4) is 5.75 Å². The molecule has 0 saturated carbocycles. The number of aromatic nitrogens is 2. The van der Waals surface area contributed by atoms with Gasteiger partial charge in [-0.2, -0.15) is 5.10 Å². The molecule has 106 valence electrons. The summed E-state index contributed by atoms with van der Waals surface area (Å²) in [5.41, 5.74) is 1.24. The van der Waals surface area contributed by atoms with E-state index >= 15 is 0 Å². The molecule has 0 spiro atoms. The molecule has 1 aromatic heterocycles. The molecule has 1 heterocycles. The number of ether oxygens (including phenoxy) is 1. The number of nitro benzene ring substituents is 1. The van der Waals surface area contributed by atoms with Gasteiger partial charge in [-0.25, -0.2) is 4.39 Å². The standard InChI is InChI=1S/C12H11BrFN3O3/c1-7-12(13)10(16(2)15-7)6-20-11-4-3-8(17(18)19)5-9(11)14/h3-5H,6H2,1-2H3. The maximum Gasteiger partial charge on any atom is 0.272 e. The molecule has 6 nitrogen and oxygen atoms in total. The molecular weight excluding hydrogens is 333 g/mol. The van der Waals surface area contributed by atoms with Gasteiger partial charge < -0.3 is 4.74 Å². The molecule has 0 aliphatic carbocycles. The molecule has 0 aliphatic heterocycles. The number of halogens is 2. The summed E-state index contributed by atoms with van der Waals surface area (Å²) < 4.78 is 21.4. The van der Waals surface area contributed by atoms with E-state index in [2.05, 4.69) is 21.0 Å². The summed E-state index contributed by atoms with van der Waals surface area (Å²) in [6, 6.07) is 3.27. The number of rotatable bonds is 4. The summed E-state index contributed by atoms with van der Waals surface area (Å²) in [4.78, 5) is 9.86. The van der Waals surface area contributed by atoms with Crippen LogP contribution in [0.1, 0.15) is 11.4 Å². The Balaban J connectivity index is 2.17. The van der Waals surface area contributed by atoms with Crippen LogP contribution < -0.4 is 4.74 Å². The van der Waals surface area contributed by atoms with Gasteiger partial charge in [0.1, 0.15) is 6.61 Å². The van der Waals surface area contributed by atoms with Crippen LogP contribution in [0.3, 0.4) is 0 Å². The molecule has 0 aliphatic rings. The van der Waals surface area contributed by atoms with Crippen molar-refractivity contribution >= 4 is 21.6 Å². The van der Waals surface area contributed by atoms with Crippen molar-refractivity contribution < 1.29 is 14.1 Å². The van der Waals surface area contributed by atoms with E-state index in [9.17, 15) is 14.5 Å². The highest BCUT2D eigenvalue weighted by Crippen LogP contribution is 2.25. The van der Waals surface area contributed by atoms with Gasteiger partial charge in [-0.1, -0.05) is 0 Å². The second-order valence-electron chi connectivity index (χ2n) is 4.13. The minimum absolute atomic E-state index is 0.0404. The summed E-state index contributed by atoms with van der Waals surface area (Å²) in [7, 11) is 1.75. The van der Waals surface area contributed by atoms with Gasteiger partial charge in [0.15, 0.2) is 11.6 Å². The van der Waals surface area contributed by atoms with E-state index in [0.29, 0.717) is 0 Å². The first-order valence-corrected chi connectivity index (χ1v) is 6.44. The third-order valence-electron chi connectivity index (χ3n) is 2.75. The zero-order valence-electron chi connectivity index (χ0n) is 10.8. The molecule has 2 rings (SSSR count). The molecule has 0 unspecified atom stereocenters. The van der Waals surface area contributed by atoms with Crippen molar-refractivity contribution in [3.05, 3.63) is 50.0 Å². The van der Waals surface area contributed by atoms with Gasteiger partial charge in [-0.15, -0.1) is 0 Å². The maximum absolute atomic E-state index is 13.7. The first-order chi connectivity index (χ1) is 9.40. The first kappa shape index (κ1) is 14.4. The van der Waals surface area contributed by atoms with Crippen molar-refractivity contribution in [2.24, 2.45) is 7.05 Å². The second-order valence-corrected chi connectivity index (χ2v) is 4.92. The van der Waals surface area contributed by atoms with Crippen LogP contribution in [0, 0.1) is 22.9 Å². The normalized spacial score (nSPS) is 10.6. The van der Waals surface area contributed by atoms with E-state index in [1.807, 2.05) is 6.92 Å². The van der Waals surface area contributed by atoms with Crippen molar-refractivity contribution in [2.75, 3.05) is 0 Å². The Bertz CT molecular complexity index is 672. The lowest BCUT2D eigenvalue weighted by Gasteiger charge is -2.07. The Hall–Kier alpha value is -1.96. The van der Waals surface area contributed by atoms with Crippen LogP contribution in [0.4, 0.5) is 10.1 Å². The van der Waals surface area contributed by atoms with Crippen molar-refractivity contribution in [1.82, 2.24) is 9.78 Å². The van der Waals surface area contributed by atoms with Gasteiger partial charge >= 0.3 is 0 Å². The lowest BCUT2D eigenvalue weighted by atomic mass is 10.3. The molecule has 20 heavy (non-hydrogen) atoms. The second kappa shape index (κ2) is 5.58. The zero-order valence-corrected chi connectivity index (χ0v) is 12.3. The number of benzene rings is 1. The zero-order chi connectivity index (χ0) is 14.9. The Labute approximate surface area is 122 Å². The average Bonchev–Trinajstić information content (AvgIpc) is 2.62. The molecule has 0 saturated heterocycles. The highest BCUT2D eigenvalue weighted by Gasteiger charge is 2.14. The lowest BCUT2D eigenvalue weighted by molar-refractivity contribution is -0.385. The molecule has 8 heteroatoms. The molecule has 0 amide bonds. The Morgan fingerprint density at radius 2 is 2.25 bits per heavy atom. The van der Waals surface area contributed by atoms with E-state index in [1.54, 1.807) is 11.7 Å². The van der Waals surface area contributed by atoms with E-state index in [4.69, 9.17) is 4.74 Å². The van der Waals surface area contributed by atoms with E-state index in [1.165, 1.54) is 12.1 Å². The maximum atomic E-state index is 13.7. The summed E-state index contributed by atoms with van der Waals surface area (Å²) in [5, 5.41) is 14.7. The summed E-state index contributed by atoms with van der Waals surface area (Å²) in [6.45, 7) is 1.94. The highest BCUT2D eigenvalue weighted by molar-refractivity contribution is 9.10. The Morgan fingerprint density at radius 3 is 2.75 bits per heavy atom. The largest absolute Gasteiger partial charge is 0.484 e. The fourth-order valence-electron chi connectivity index (χ4n) is 1.70. The number of hydrogen-bond acceptors (Lipinski definition) is 4. The fourth-order valence-corrected chi connectivity index (χ4v) is 2.15. The summed E-state index contributed by atoms with van der Waals surface area (Å²) in [6.07, 6.45) is 0. The lowest BCUT2D eigenvalue weighted by Crippen LogP contribution is -2.04. The molecular formula is C12H11BrFN3O3. The third-order valence-corrected chi connectivity index (χ3v) is 3.78. The fraction of sp³-hybridized carbons (Fsp3) is 0.250. The van der Waals surface area contributed by atoms with E-state index in [-0.39, 0.29) is 18.0 Å². The van der Waals surface area contributed by atoms with Crippen LogP contribution in [-0.2, 0) is 13.7 Å². The van der Waals surface area contributed by atoms with Crippen LogP contribution in [0.2, 0.25) is 0 Å². The molecule has 2 aromatic rings. The minimum atomic E-state index is -0.769. The van der Waals surface area contributed by atoms with Crippen LogP contribution in [0.25, 0.3) is 0 Å². The number of nitro groups is 1. The van der Waals surface area contributed by atoms with Crippen molar-refractivity contribution in [2.45, 2.75) is 13.5 Å². The SMILES string of the molecule is Cc1nn(C)c(COc2ccc([N+](=O)[O-])cc2F)c1Br. The van der Waals surface area contributed by atoms with Crippen molar-refractivity contribution in [3.63, 3.8) is 0 Å². The van der Waals surface area contributed by atoms with Crippen LogP contribution in [0.5, 0.6) is 5.75 Å². The van der Waals surface area contributed by atoms with E-state index < -0.39 is 10.7 Å². The molecule has 0 N–H and O–H groups in total. The van der Waals surface area contributed by atoms with Gasteiger partial charge in [0, 0.05) is 13.1 Å². The predicted molar refractivity (Wildman–Crippen MR) is 73.0 cm³/mol. The summed E-state index contributed by atoms with van der Waals surface area (Å²) >= 11 is 3.38. The quantitative estimate of drug-likeness (QED) is 0.631. The van der Waals surface area contributed by atoms with Gasteiger partial charge in [0.25, 0.3) is 5.69 Å². The van der Waals surface area contributed by atoms with Crippen LogP contribution in [0.15, 0.2) is 22.7 Å². The monoisotopic (exact) mass is 343 g/mol. The molecule has 1 aromatic carbocycles. The Morgan fingerprint density at radius 1 is 1.55 bits per heavy atom. The molecule has 0 radical (unpaired) electrons.